The molecule has 2 bridgehead atoms. The lowest BCUT2D eigenvalue weighted by atomic mass is 9.55. The third-order valence-electron chi connectivity index (χ3n) is 6.83. The van der Waals surface area contributed by atoms with E-state index in [9.17, 15) is 0 Å². The second-order valence-electron chi connectivity index (χ2n) is 8.34. The monoisotopic (exact) mass is 368 g/mol. The van der Waals surface area contributed by atoms with Gasteiger partial charge in [0.1, 0.15) is 0 Å². The molecule has 25 heavy (non-hydrogen) atoms. The van der Waals surface area contributed by atoms with Crippen molar-refractivity contribution in [3.05, 3.63) is 69.2 Å². The molecule has 3 aliphatic carbocycles. The summed E-state index contributed by atoms with van der Waals surface area (Å²) < 4.78 is 0. The van der Waals surface area contributed by atoms with Crippen molar-refractivity contribution >= 4 is 23.2 Å². The fraction of sp³-hybridized carbons (Fsp3) is 0.391. The lowest BCUT2D eigenvalue weighted by Crippen LogP contribution is -2.42. The highest BCUT2D eigenvalue weighted by atomic mass is 35.5. The summed E-state index contributed by atoms with van der Waals surface area (Å²) in [6, 6.07) is 12.8. The normalized spacial score (nSPS) is 32.3. The standard InChI is InChI=1S/C23H22Cl2/c1-13-7-15-9-16(8-13)23(12-14(15)2)21-6-4-17(24)10-20(21)19-5-3-18(25)11-22(19)23/h3-6,10-13,15-16H,7-9H2,1-2H3. The molecule has 0 aliphatic heterocycles. The molecule has 1 spiro atoms. The van der Waals surface area contributed by atoms with Gasteiger partial charge >= 0.3 is 0 Å². The first-order valence-electron chi connectivity index (χ1n) is 9.29. The van der Waals surface area contributed by atoms with E-state index in [2.05, 4.69) is 50.3 Å². The molecule has 2 heteroatoms. The molecular weight excluding hydrogens is 347 g/mol. The lowest BCUT2D eigenvalue weighted by Gasteiger charge is -2.49. The van der Waals surface area contributed by atoms with Gasteiger partial charge in [-0.2, -0.15) is 0 Å². The van der Waals surface area contributed by atoms with E-state index >= 15 is 0 Å². The van der Waals surface area contributed by atoms with E-state index in [4.69, 9.17) is 23.2 Å². The van der Waals surface area contributed by atoms with Gasteiger partial charge in [-0.05, 0) is 90.5 Å². The van der Waals surface area contributed by atoms with Crippen molar-refractivity contribution in [3.63, 3.8) is 0 Å². The number of halogens is 2. The molecule has 2 aromatic carbocycles. The Morgan fingerprint density at radius 1 is 0.880 bits per heavy atom. The maximum absolute atomic E-state index is 6.45. The predicted octanol–water partition coefficient (Wildman–Crippen LogP) is 7.27. The van der Waals surface area contributed by atoms with Crippen LogP contribution in [-0.4, -0.2) is 0 Å². The average Bonchev–Trinajstić information content (AvgIpc) is 2.83. The Morgan fingerprint density at radius 2 is 1.64 bits per heavy atom. The highest BCUT2D eigenvalue weighted by Gasteiger charge is 2.52. The Morgan fingerprint density at radius 3 is 2.48 bits per heavy atom. The van der Waals surface area contributed by atoms with Crippen molar-refractivity contribution < 1.29 is 0 Å². The first kappa shape index (κ1) is 16.0. The molecule has 0 radical (unpaired) electrons. The van der Waals surface area contributed by atoms with E-state index in [0.29, 0.717) is 5.92 Å². The van der Waals surface area contributed by atoms with Crippen LogP contribution in [0.4, 0.5) is 0 Å². The van der Waals surface area contributed by atoms with E-state index in [0.717, 1.165) is 21.9 Å². The van der Waals surface area contributed by atoms with Crippen LogP contribution < -0.4 is 0 Å². The minimum Gasteiger partial charge on any atom is -0.0843 e. The predicted molar refractivity (Wildman–Crippen MR) is 106 cm³/mol. The van der Waals surface area contributed by atoms with Crippen LogP contribution in [0.2, 0.25) is 10.0 Å². The second-order valence-corrected chi connectivity index (χ2v) is 9.22. The van der Waals surface area contributed by atoms with E-state index < -0.39 is 0 Å². The van der Waals surface area contributed by atoms with Gasteiger partial charge in [0.2, 0.25) is 0 Å². The van der Waals surface area contributed by atoms with Gasteiger partial charge in [-0.3, -0.25) is 0 Å². The van der Waals surface area contributed by atoms with Crippen LogP contribution in [0, 0.1) is 17.8 Å². The molecule has 3 aliphatic rings. The molecule has 0 N–H and O–H groups in total. The van der Waals surface area contributed by atoms with Crippen LogP contribution in [0.5, 0.6) is 0 Å². The molecule has 128 valence electrons. The first-order valence-corrected chi connectivity index (χ1v) is 10.0. The SMILES string of the molecule is CC1=CC2(c3ccc(Cl)cc3-c3ccc(Cl)cc32)C2CC(C)CC1C2. The van der Waals surface area contributed by atoms with Gasteiger partial charge < -0.3 is 0 Å². The zero-order valence-corrected chi connectivity index (χ0v) is 16.2. The van der Waals surface area contributed by atoms with Gasteiger partial charge in [0.05, 0.1) is 0 Å². The summed E-state index contributed by atoms with van der Waals surface area (Å²) in [6.07, 6.45) is 6.49. The Kier molecular flexibility index (Phi) is 3.44. The summed E-state index contributed by atoms with van der Waals surface area (Å²) in [7, 11) is 0. The molecule has 0 amide bonds. The van der Waals surface area contributed by atoms with Crippen molar-refractivity contribution in [2.24, 2.45) is 17.8 Å². The van der Waals surface area contributed by atoms with Gasteiger partial charge in [-0.15, -0.1) is 0 Å². The summed E-state index contributed by atoms with van der Waals surface area (Å²) in [5.41, 5.74) is 6.93. The third-order valence-corrected chi connectivity index (χ3v) is 7.30. The van der Waals surface area contributed by atoms with Crippen LogP contribution in [0.3, 0.4) is 0 Å². The molecule has 0 aromatic heterocycles. The highest BCUT2D eigenvalue weighted by molar-refractivity contribution is 6.31. The average molecular weight is 369 g/mol. The van der Waals surface area contributed by atoms with Gasteiger partial charge in [-0.1, -0.05) is 53.9 Å². The highest BCUT2D eigenvalue weighted by Crippen LogP contribution is 2.61. The number of hydrogen-bond donors (Lipinski definition) is 0. The zero-order chi connectivity index (χ0) is 17.3. The van der Waals surface area contributed by atoms with Gasteiger partial charge in [0, 0.05) is 15.5 Å². The summed E-state index contributed by atoms with van der Waals surface area (Å²) in [4.78, 5) is 0. The fourth-order valence-corrected chi connectivity index (χ4v) is 6.22. The van der Waals surface area contributed by atoms with Crippen molar-refractivity contribution in [1.29, 1.82) is 0 Å². The Labute approximate surface area is 159 Å². The Hall–Kier alpha value is -1.24. The molecule has 0 nitrogen and oxygen atoms in total. The maximum atomic E-state index is 6.45. The fourth-order valence-electron chi connectivity index (χ4n) is 5.88. The molecule has 5 rings (SSSR count). The zero-order valence-electron chi connectivity index (χ0n) is 14.7. The van der Waals surface area contributed by atoms with Gasteiger partial charge in [0.25, 0.3) is 0 Å². The second kappa shape index (κ2) is 5.38. The Balaban J connectivity index is 1.86. The third kappa shape index (κ3) is 2.14. The molecular formula is C23H22Cl2. The Bertz CT molecular complexity index is 910. The molecule has 1 fully saturated rings. The summed E-state index contributed by atoms with van der Waals surface area (Å²) in [6.45, 7) is 4.75. The maximum Gasteiger partial charge on any atom is 0.0425 e. The van der Waals surface area contributed by atoms with E-state index in [-0.39, 0.29) is 5.41 Å². The lowest BCUT2D eigenvalue weighted by molar-refractivity contribution is 0.168. The smallest absolute Gasteiger partial charge is 0.0425 e. The number of rotatable bonds is 0. The minimum absolute atomic E-state index is 0.0323. The molecule has 0 saturated heterocycles. The van der Waals surface area contributed by atoms with Crippen molar-refractivity contribution in [2.45, 2.75) is 38.5 Å². The van der Waals surface area contributed by atoms with Gasteiger partial charge in [0.15, 0.2) is 0 Å². The number of allylic oxidation sites excluding steroid dienone is 2. The number of fused-ring (bicyclic) bond motifs is 8. The van der Waals surface area contributed by atoms with E-state index in [1.54, 1.807) is 5.57 Å². The molecule has 2 aromatic rings. The molecule has 4 atom stereocenters. The molecule has 0 heterocycles. The van der Waals surface area contributed by atoms with Crippen LogP contribution in [0.25, 0.3) is 11.1 Å². The first-order chi connectivity index (χ1) is 12.0. The van der Waals surface area contributed by atoms with Crippen LogP contribution >= 0.6 is 23.2 Å². The van der Waals surface area contributed by atoms with Crippen molar-refractivity contribution in [2.75, 3.05) is 0 Å². The topological polar surface area (TPSA) is 0 Å². The number of hydrogen-bond acceptors (Lipinski definition) is 0. The van der Waals surface area contributed by atoms with Crippen LogP contribution in [0.15, 0.2) is 48.0 Å². The van der Waals surface area contributed by atoms with Crippen molar-refractivity contribution in [3.8, 4) is 11.1 Å². The summed E-state index contributed by atoms with van der Waals surface area (Å²) in [5, 5.41) is 1.64. The minimum atomic E-state index is -0.0323. The largest absolute Gasteiger partial charge is 0.0843 e. The van der Waals surface area contributed by atoms with E-state index in [1.807, 2.05) is 6.07 Å². The van der Waals surface area contributed by atoms with Gasteiger partial charge in [-0.25, -0.2) is 0 Å². The molecule has 1 saturated carbocycles. The summed E-state index contributed by atoms with van der Waals surface area (Å²) >= 11 is 12.8. The van der Waals surface area contributed by atoms with Crippen LogP contribution in [-0.2, 0) is 5.41 Å². The molecule has 4 unspecified atom stereocenters. The van der Waals surface area contributed by atoms with Crippen LogP contribution in [0.1, 0.15) is 44.2 Å². The van der Waals surface area contributed by atoms with Crippen molar-refractivity contribution in [1.82, 2.24) is 0 Å². The number of benzene rings is 2. The van der Waals surface area contributed by atoms with E-state index in [1.165, 1.54) is 41.5 Å². The summed E-state index contributed by atoms with van der Waals surface area (Å²) in [5.74, 6) is 2.17. The quantitative estimate of drug-likeness (QED) is 0.428.